The van der Waals surface area contributed by atoms with Gasteiger partial charge >= 0.3 is 11.8 Å². The Bertz CT molecular complexity index is 815. The van der Waals surface area contributed by atoms with E-state index in [0.717, 1.165) is 19.4 Å². The van der Waals surface area contributed by atoms with Crippen molar-refractivity contribution >= 4 is 23.2 Å². The van der Waals surface area contributed by atoms with Crippen molar-refractivity contribution in [2.75, 3.05) is 30.4 Å². The van der Waals surface area contributed by atoms with Gasteiger partial charge in [-0.25, -0.2) is 0 Å². The van der Waals surface area contributed by atoms with E-state index in [1.54, 1.807) is 0 Å². The number of hydrogen-bond donors (Lipinski definition) is 2. The van der Waals surface area contributed by atoms with Crippen LogP contribution in [0.15, 0.2) is 42.5 Å². The maximum Gasteiger partial charge on any atom is 0.313 e. The fraction of sp³-hybridized carbons (Fsp3) is 0.364. The predicted molar refractivity (Wildman–Crippen MR) is 109 cm³/mol. The number of benzene rings is 2. The molecule has 0 saturated carbocycles. The summed E-state index contributed by atoms with van der Waals surface area (Å²) in [5, 5.41) is 5.33. The topological polar surface area (TPSA) is 61.4 Å². The van der Waals surface area contributed by atoms with Gasteiger partial charge in [0.15, 0.2) is 0 Å². The van der Waals surface area contributed by atoms with Gasteiger partial charge in [0.25, 0.3) is 0 Å². The smallest absolute Gasteiger partial charge is 0.313 e. The summed E-state index contributed by atoms with van der Waals surface area (Å²) in [6, 6.07) is 14.0. The summed E-state index contributed by atoms with van der Waals surface area (Å²) >= 11 is 0. The summed E-state index contributed by atoms with van der Waals surface area (Å²) in [6.07, 6.45) is 3.91. The van der Waals surface area contributed by atoms with Gasteiger partial charge in [-0.2, -0.15) is 0 Å². The van der Waals surface area contributed by atoms with Gasteiger partial charge < -0.3 is 15.5 Å². The first-order chi connectivity index (χ1) is 13.1. The summed E-state index contributed by atoms with van der Waals surface area (Å²) in [6.45, 7) is 3.61. The summed E-state index contributed by atoms with van der Waals surface area (Å²) in [4.78, 5) is 26.3. The van der Waals surface area contributed by atoms with Crippen molar-refractivity contribution in [3.63, 3.8) is 0 Å². The molecule has 0 fully saturated rings. The van der Waals surface area contributed by atoms with Crippen molar-refractivity contribution in [1.29, 1.82) is 0 Å². The van der Waals surface area contributed by atoms with Crippen molar-refractivity contribution in [2.45, 2.75) is 32.6 Å². The molecule has 1 aliphatic heterocycles. The minimum Gasteiger partial charge on any atom is -0.374 e. The van der Waals surface area contributed by atoms with Gasteiger partial charge in [-0.1, -0.05) is 31.2 Å². The zero-order chi connectivity index (χ0) is 19.2. The van der Waals surface area contributed by atoms with Crippen LogP contribution in [0.2, 0.25) is 0 Å². The zero-order valence-corrected chi connectivity index (χ0v) is 16.0. The number of anilines is 2. The second kappa shape index (κ2) is 8.71. The number of carbonyl (C=O) groups excluding carboxylic acids is 2. The first-order valence-electron chi connectivity index (χ1n) is 9.58. The van der Waals surface area contributed by atoms with E-state index in [-0.39, 0.29) is 0 Å². The normalized spacial score (nSPS) is 13.0. The minimum absolute atomic E-state index is 0.440. The minimum atomic E-state index is -0.633. The molecular formula is C22H27N3O2. The van der Waals surface area contributed by atoms with Gasteiger partial charge in [0, 0.05) is 31.5 Å². The van der Waals surface area contributed by atoms with E-state index < -0.39 is 11.8 Å². The highest BCUT2D eigenvalue weighted by atomic mass is 16.2. The highest BCUT2D eigenvalue weighted by molar-refractivity contribution is 6.39. The van der Waals surface area contributed by atoms with Crippen LogP contribution >= 0.6 is 0 Å². The molecule has 0 aliphatic carbocycles. The van der Waals surface area contributed by atoms with E-state index in [0.29, 0.717) is 18.7 Å². The summed E-state index contributed by atoms with van der Waals surface area (Å²) < 4.78 is 0. The van der Waals surface area contributed by atoms with Crippen molar-refractivity contribution in [2.24, 2.45) is 0 Å². The molecule has 27 heavy (non-hydrogen) atoms. The number of hydrogen-bond acceptors (Lipinski definition) is 3. The van der Waals surface area contributed by atoms with Crippen LogP contribution in [0, 0.1) is 0 Å². The largest absolute Gasteiger partial charge is 0.374 e. The van der Waals surface area contributed by atoms with Crippen molar-refractivity contribution in [1.82, 2.24) is 5.32 Å². The van der Waals surface area contributed by atoms with Crippen LogP contribution in [-0.4, -0.2) is 32.0 Å². The molecule has 1 heterocycles. The molecule has 5 heteroatoms. The maximum absolute atomic E-state index is 12.0. The van der Waals surface area contributed by atoms with Crippen molar-refractivity contribution in [3.8, 4) is 0 Å². The molecule has 3 rings (SSSR count). The summed E-state index contributed by atoms with van der Waals surface area (Å²) in [7, 11) is 2.12. The number of nitrogens with zero attached hydrogens (tertiary/aromatic N) is 1. The molecule has 142 valence electrons. The van der Waals surface area contributed by atoms with Crippen LogP contribution < -0.4 is 15.5 Å². The Morgan fingerprint density at radius 2 is 1.78 bits per heavy atom. The van der Waals surface area contributed by atoms with Gasteiger partial charge in [-0.3, -0.25) is 9.59 Å². The van der Waals surface area contributed by atoms with Crippen LogP contribution in [0.5, 0.6) is 0 Å². The van der Waals surface area contributed by atoms with E-state index in [1.165, 1.54) is 28.8 Å². The molecule has 0 atom stereocenters. The van der Waals surface area contributed by atoms with Crippen LogP contribution in [0.4, 0.5) is 11.4 Å². The zero-order valence-electron chi connectivity index (χ0n) is 16.0. The Kier molecular flexibility index (Phi) is 6.12. The van der Waals surface area contributed by atoms with E-state index in [1.807, 2.05) is 24.3 Å². The van der Waals surface area contributed by atoms with E-state index in [4.69, 9.17) is 0 Å². The first kappa shape index (κ1) is 19.0. The number of aryl methyl sites for hydroxylation is 2. The molecule has 0 radical (unpaired) electrons. The van der Waals surface area contributed by atoms with E-state index >= 15 is 0 Å². The monoisotopic (exact) mass is 365 g/mol. The summed E-state index contributed by atoms with van der Waals surface area (Å²) in [5.41, 5.74) is 5.66. The quantitative estimate of drug-likeness (QED) is 0.801. The molecule has 5 nitrogen and oxygen atoms in total. The second-order valence-corrected chi connectivity index (χ2v) is 7.00. The number of rotatable bonds is 5. The van der Waals surface area contributed by atoms with E-state index in [2.05, 4.69) is 47.7 Å². The van der Waals surface area contributed by atoms with Crippen LogP contribution in [0.1, 0.15) is 30.0 Å². The number of fused-ring (bicyclic) bond motifs is 1. The maximum atomic E-state index is 12.0. The predicted octanol–water partition coefficient (Wildman–Crippen LogP) is 2.93. The lowest BCUT2D eigenvalue weighted by atomic mass is 9.98. The average molecular weight is 365 g/mol. The lowest BCUT2D eigenvalue weighted by molar-refractivity contribution is -0.136. The second-order valence-electron chi connectivity index (χ2n) is 7.00. The highest BCUT2D eigenvalue weighted by Gasteiger charge is 2.15. The first-order valence-corrected chi connectivity index (χ1v) is 9.58. The van der Waals surface area contributed by atoms with Crippen LogP contribution in [0.25, 0.3) is 0 Å². The molecule has 0 aromatic heterocycles. The van der Waals surface area contributed by atoms with Gasteiger partial charge in [0.05, 0.1) is 0 Å². The van der Waals surface area contributed by atoms with Gasteiger partial charge in [0.2, 0.25) is 0 Å². The van der Waals surface area contributed by atoms with Crippen molar-refractivity contribution < 1.29 is 9.59 Å². The SMILES string of the molecule is CCc1ccc(NC(=O)C(=O)NCCc2ccc3c(c2)CCCN3C)cc1. The van der Waals surface area contributed by atoms with Gasteiger partial charge in [-0.15, -0.1) is 0 Å². The standard InChI is InChI=1S/C22H27N3O2/c1-3-16-6-9-19(10-7-16)24-22(27)21(26)23-13-12-17-8-11-20-18(15-17)5-4-14-25(20)2/h6-11,15H,3-5,12-14H2,1-2H3,(H,23,26)(H,24,27). The Labute approximate surface area is 160 Å². The molecule has 2 N–H and O–H groups in total. The Hall–Kier alpha value is -2.82. The Morgan fingerprint density at radius 3 is 2.52 bits per heavy atom. The Morgan fingerprint density at radius 1 is 1.04 bits per heavy atom. The lowest BCUT2D eigenvalue weighted by Gasteiger charge is -2.27. The van der Waals surface area contributed by atoms with E-state index in [9.17, 15) is 9.59 Å². The average Bonchev–Trinajstić information content (AvgIpc) is 2.68. The van der Waals surface area contributed by atoms with Crippen LogP contribution in [0.3, 0.4) is 0 Å². The molecular weight excluding hydrogens is 338 g/mol. The summed E-state index contributed by atoms with van der Waals surface area (Å²) in [5.74, 6) is -1.24. The molecule has 0 saturated heterocycles. The molecule has 0 spiro atoms. The number of nitrogens with one attached hydrogen (secondary N) is 2. The fourth-order valence-electron chi connectivity index (χ4n) is 3.41. The third-order valence-electron chi connectivity index (χ3n) is 5.02. The third kappa shape index (κ3) is 4.88. The molecule has 0 bridgehead atoms. The molecule has 2 amide bonds. The molecule has 1 aliphatic rings. The Balaban J connectivity index is 1.48. The third-order valence-corrected chi connectivity index (χ3v) is 5.02. The fourth-order valence-corrected chi connectivity index (χ4v) is 3.41. The van der Waals surface area contributed by atoms with Crippen molar-refractivity contribution in [3.05, 3.63) is 59.2 Å². The highest BCUT2D eigenvalue weighted by Crippen LogP contribution is 2.26. The molecule has 2 aromatic carbocycles. The molecule has 2 aromatic rings. The van der Waals surface area contributed by atoms with Crippen LogP contribution in [-0.2, 0) is 28.9 Å². The number of carbonyl (C=O) groups is 2. The molecule has 0 unspecified atom stereocenters. The van der Waals surface area contributed by atoms with Gasteiger partial charge in [0.1, 0.15) is 0 Å². The van der Waals surface area contributed by atoms with Gasteiger partial charge in [-0.05, 0) is 60.6 Å². The lowest BCUT2D eigenvalue weighted by Crippen LogP contribution is -2.36. The number of amides is 2.